The molecule has 0 bridgehead atoms. The van der Waals surface area contributed by atoms with Gasteiger partial charge in [-0.2, -0.15) is 0 Å². The molecule has 3 aromatic rings. The van der Waals surface area contributed by atoms with E-state index in [1.807, 2.05) is 12.1 Å². The molecular formula is C23H22N2O6S. The van der Waals surface area contributed by atoms with Crippen LogP contribution in [0.2, 0.25) is 0 Å². The topological polar surface area (TPSA) is 94.2 Å². The maximum Gasteiger partial charge on any atom is 0.264 e. The normalized spacial score (nSPS) is 12.3. The Morgan fingerprint density at radius 1 is 1.00 bits per heavy atom. The predicted octanol–water partition coefficient (Wildman–Crippen LogP) is 3.18. The zero-order valence-electron chi connectivity index (χ0n) is 17.6. The number of amides is 1. The average molecular weight is 455 g/mol. The highest BCUT2D eigenvalue weighted by molar-refractivity contribution is 7.92. The number of carbonyl (C=O) groups excluding carboxylic acids is 1. The molecule has 0 unspecified atom stereocenters. The number of hydrogen-bond donors (Lipinski definition) is 1. The number of carbonyl (C=O) groups is 1. The Hall–Kier alpha value is -3.72. The molecule has 0 saturated carbocycles. The largest absolute Gasteiger partial charge is 0.497 e. The van der Waals surface area contributed by atoms with Crippen LogP contribution in [0.4, 0.5) is 5.69 Å². The first-order chi connectivity index (χ1) is 15.4. The van der Waals surface area contributed by atoms with Gasteiger partial charge in [0, 0.05) is 19.2 Å². The van der Waals surface area contributed by atoms with Gasteiger partial charge in [-0.05, 0) is 66.2 Å². The van der Waals surface area contributed by atoms with Crippen LogP contribution in [0.25, 0.3) is 0 Å². The molecule has 1 N–H and O–H groups in total. The summed E-state index contributed by atoms with van der Waals surface area (Å²) in [5, 5.41) is 2.84. The lowest BCUT2D eigenvalue weighted by atomic mass is 10.1. The third kappa shape index (κ3) is 4.33. The van der Waals surface area contributed by atoms with Gasteiger partial charge in [-0.1, -0.05) is 6.07 Å². The molecule has 0 spiro atoms. The number of nitrogens with zero attached hydrogens (tertiary/aromatic N) is 1. The number of sulfonamides is 1. The molecule has 1 aliphatic heterocycles. The van der Waals surface area contributed by atoms with E-state index in [0.29, 0.717) is 35.0 Å². The third-order valence-corrected chi connectivity index (χ3v) is 6.90. The second kappa shape index (κ2) is 8.80. The molecule has 3 aromatic carbocycles. The maximum atomic E-state index is 12.9. The molecule has 0 fully saturated rings. The molecule has 4 rings (SSSR count). The summed E-state index contributed by atoms with van der Waals surface area (Å²) in [7, 11) is -0.763. The average Bonchev–Trinajstić information content (AvgIpc) is 3.30. The van der Waals surface area contributed by atoms with Crippen molar-refractivity contribution in [3.05, 3.63) is 77.9 Å². The Bertz CT molecular complexity index is 1220. The summed E-state index contributed by atoms with van der Waals surface area (Å²) < 4.78 is 42.6. The Morgan fingerprint density at radius 3 is 2.38 bits per heavy atom. The van der Waals surface area contributed by atoms with Crippen LogP contribution in [0.5, 0.6) is 17.2 Å². The van der Waals surface area contributed by atoms with Crippen molar-refractivity contribution < 1.29 is 27.4 Å². The highest BCUT2D eigenvalue weighted by Gasteiger charge is 2.21. The van der Waals surface area contributed by atoms with Crippen molar-refractivity contribution in [1.29, 1.82) is 0 Å². The fourth-order valence-corrected chi connectivity index (χ4v) is 4.40. The summed E-state index contributed by atoms with van der Waals surface area (Å²) in [6.07, 6.45) is 0. The summed E-state index contributed by atoms with van der Waals surface area (Å²) in [6.45, 7) is 0.517. The molecule has 32 heavy (non-hydrogen) atoms. The van der Waals surface area contributed by atoms with Gasteiger partial charge in [0.1, 0.15) is 5.75 Å². The van der Waals surface area contributed by atoms with E-state index < -0.39 is 10.0 Å². The van der Waals surface area contributed by atoms with Gasteiger partial charge < -0.3 is 19.5 Å². The van der Waals surface area contributed by atoms with E-state index in [9.17, 15) is 13.2 Å². The standard InChI is InChI=1S/C23H22N2O6S/c1-25(32(27,28)20-10-8-19(29-2)9-11-20)18-6-4-17(5-7-18)23(26)24-14-16-3-12-21-22(13-16)31-15-30-21/h3-13H,14-15H2,1-2H3,(H,24,26). The highest BCUT2D eigenvalue weighted by Crippen LogP contribution is 2.32. The number of nitrogens with one attached hydrogen (secondary N) is 1. The molecule has 1 amide bonds. The lowest BCUT2D eigenvalue weighted by Gasteiger charge is -2.20. The molecule has 0 atom stereocenters. The van der Waals surface area contributed by atoms with Crippen molar-refractivity contribution in [2.75, 3.05) is 25.3 Å². The van der Waals surface area contributed by atoms with Crippen LogP contribution in [0, 0.1) is 0 Å². The number of rotatable bonds is 7. The van der Waals surface area contributed by atoms with Crippen LogP contribution >= 0.6 is 0 Å². The molecule has 1 heterocycles. The monoisotopic (exact) mass is 454 g/mol. The van der Waals surface area contributed by atoms with Gasteiger partial charge in [-0.3, -0.25) is 9.10 Å². The summed E-state index contributed by atoms with van der Waals surface area (Å²) in [4.78, 5) is 12.6. The first-order valence-corrected chi connectivity index (χ1v) is 11.2. The Morgan fingerprint density at radius 2 is 1.69 bits per heavy atom. The van der Waals surface area contributed by atoms with E-state index in [-0.39, 0.29) is 17.6 Å². The summed E-state index contributed by atoms with van der Waals surface area (Å²) in [5.41, 5.74) is 1.74. The highest BCUT2D eigenvalue weighted by atomic mass is 32.2. The summed E-state index contributed by atoms with van der Waals surface area (Å²) in [5.74, 6) is 1.64. The molecule has 9 heteroatoms. The van der Waals surface area contributed by atoms with Crippen LogP contribution in [-0.2, 0) is 16.6 Å². The number of anilines is 1. The maximum absolute atomic E-state index is 12.9. The van der Waals surface area contributed by atoms with Crippen LogP contribution < -0.4 is 23.8 Å². The number of methoxy groups -OCH3 is 1. The van der Waals surface area contributed by atoms with Crippen LogP contribution in [0.15, 0.2) is 71.6 Å². The third-order valence-electron chi connectivity index (χ3n) is 5.10. The van der Waals surface area contributed by atoms with Crippen molar-refractivity contribution in [3.63, 3.8) is 0 Å². The summed E-state index contributed by atoms with van der Waals surface area (Å²) >= 11 is 0. The van der Waals surface area contributed by atoms with E-state index >= 15 is 0 Å². The number of hydrogen-bond acceptors (Lipinski definition) is 6. The van der Waals surface area contributed by atoms with Crippen LogP contribution in [0.3, 0.4) is 0 Å². The fraction of sp³-hybridized carbons (Fsp3) is 0.174. The van der Waals surface area contributed by atoms with Gasteiger partial charge in [-0.15, -0.1) is 0 Å². The summed E-state index contributed by atoms with van der Waals surface area (Å²) in [6, 6.07) is 18.0. The lowest BCUT2D eigenvalue weighted by molar-refractivity contribution is 0.0951. The first-order valence-electron chi connectivity index (χ1n) is 9.78. The van der Waals surface area contributed by atoms with E-state index in [1.54, 1.807) is 42.5 Å². The smallest absolute Gasteiger partial charge is 0.264 e. The minimum absolute atomic E-state index is 0.145. The Kier molecular flexibility index (Phi) is 5.91. The van der Waals surface area contributed by atoms with Crippen molar-refractivity contribution in [2.24, 2.45) is 0 Å². The predicted molar refractivity (Wildman–Crippen MR) is 119 cm³/mol. The zero-order chi connectivity index (χ0) is 22.7. The zero-order valence-corrected chi connectivity index (χ0v) is 18.4. The van der Waals surface area contributed by atoms with Crippen LogP contribution in [-0.4, -0.2) is 35.3 Å². The second-order valence-electron chi connectivity index (χ2n) is 7.07. The number of fused-ring (bicyclic) bond motifs is 1. The molecule has 0 radical (unpaired) electrons. The van der Waals surface area contributed by atoms with Crippen molar-refractivity contribution in [3.8, 4) is 17.2 Å². The van der Waals surface area contributed by atoms with Crippen molar-refractivity contribution in [2.45, 2.75) is 11.4 Å². The van der Waals surface area contributed by atoms with Crippen molar-refractivity contribution in [1.82, 2.24) is 5.32 Å². The molecule has 166 valence electrons. The van der Waals surface area contributed by atoms with E-state index in [1.165, 1.54) is 30.6 Å². The van der Waals surface area contributed by atoms with Gasteiger partial charge in [0.05, 0.1) is 17.7 Å². The first kappa shape index (κ1) is 21.5. The van der Waals surface area contributed by atoms with E-state index in [4.69, 9.17) is 14.2 Å². The van der Waals surface area contributed by atoms with Gasteiger partial charge in [0.25, 0.3) is 15.9 Å². The minimum Gasteiger partial charge on any atom is -0.497 e. The Labute approximate surface area is 186 Å². The van der Waals surface area contributed by atoms with E-state index in [0.717, 1.165) is 5.56 Å². The number of ether oxygens (including phenoxy) is 3. The van der Waals surface area contributed by atoms with Gasteiger partial charge in [0.2, 0.25) is 6.79 Å². The SMILES string of the molecule is COc1ccc(S(=O)(=O)N(C)c2ccc(C(=O)NCc3ccc4c(c3)OCO4)cc2)cc1. The van der Waals surface area contributed by atoms with Crippen LogP contribution in [0.1, 0.15) is 15.9 Å². The molecular weight excluding hydrogens is 432 g/mol. The molecule has 1 aliphatic rings. The molecule has 0 saturated heterocycles. The lowest BCUT2D eigenvalue weighted by Crippen LogP contribution is -2.27. The minimum atomic E-state index is -3.75. The second-order valence-corrected chi connectivity index (χ2v) is 9.03. The number of benzene rings is 3. The van der Waals surface area contributed by atoms with Gasteiger partial charge in [-0.25, -0.2) is 8.42 Å². The van der Waals surface area contributed by atoms with Gasteiger partial charge in [0.15, 0.2) is 11.5 Å². The molecule has 0 aromatic heterocycles. The fourth-order valence-electron chi connectivity index (χ4n) is 3.20. The quantitative estimate of drug-likeness (QED) is 0.589. The van der Waals surface area contributed by atoms with Gasteiger partial charge >= 0.3 is 0 Å². The van der Waals surface area contributed by atoms with E-state index in [2.05, 4.69) is 5.32 Å². The molecule has 8 nitrogen and oxygen atoms in total. The molecule has 0 aliphatic carbocycles. The Balaban J connectivity index is 1.41. The van der Waals surface area contributed by atoms with Crippen molar-refractivity contribution >= 4 is 21.6 Å².